The molecule has 2 aromatic carbocycles. The Bertz CT molecular complexity index is 777. The van der Waals surface area contributed by atoms with Crippen LogP contribution in [0.1, 0.15) is 17.3 Å². The lowest BCUT2D eigenvalue weighted by Crippen LogP contribution is -2.48. The Hall–Kier alpha value is -3.09. The van der Waals surface area contributed by atoms with E-state index in [1.165, 1.54) is 24.3 Å². The molecule has 1 aliphatic heterocycles. The normalized spacial score (nSPS) is 17.0. The van der Waals surface area contributed by atoms with Gasteiger partial charge >= 0.3 is 0 Å². The van der Waals surface area contributed by atoms with Gasteiger partial charge in [-0.05, 0) is 25.1 Å². The van der Waals surface area contributed by atoms with Crippen molar-refractivity contribution in [2.45, 2.75) is 19.1 Å². The monoisotopic (exact) mass is 328 g/mol. The van der Waals surface area contributed by atoms with Gasteiger partial charge in [0.05, 0.1) is 11.0 Å². The van der Waals surface area contributed by atoms with Gasteiger partial charge < -0.3 is 14.8 Å². The summed E-state index contributed by atoms with van der Waals surface area (Å²) in [7, 11) is 0. The summed E-state index contributed by atoms with van der Waals surface area (Å²) in [5.41, 5.74) is 0.106. The highest BCUT2D eigenvalue weighted by atomic mass is 16.6. The predicted molar refractivity (Wildman–Crippen MR) is 86.4 cm³/mol. The minimum Gasteiger partial charge on any atom is -0.486 e. The number of carbonyl (C=O) groups excluding carboxylic acids is 1. The molecule has 0 radical (unpaired) electrons. The van der Waals surface area contributed by atoms with Crippen LogP contribution >= 0.6 is 0 Å². The number of rotatable bonds is 4. The molecule has 1 amide bonds. The van der Waals surface area contributed by atoms with E-state index in [1.54, 1.807) is 13.0 Å². The van der Waals surface area contributed by atoms with Gasteiger partial charge in [-0.25, -0.2) is 0 Å². The van der Waals surface area contributed by atoms with Crippen LogP contribution in [0.2, 0.25) is 0 Å². The molecule has 0 bridgehead atoms. The summed E-state index contributed by atoms with van der Waals surface area (Å²) in [5.74, 6) is 0.907. The van der Waals surface area contributed by atoms with E-state index < -0.39 is 10.8 Å². The Morgan fingerprint density at radius 3 is 2.75 bits per heavy atom. The van der Waals surface area contributed by atoms with Gasteiger partial charge in [-0.3, -0.25) is 14.9 Å². The van der Waals surface area contributed by atoms with Crippen LogP contribution in [-0.2, 0) is 0 Å². The van der Waals surface area contributed by atoms with Crippen LogP contribution in [0.25, 0.3) is 0 Å². The number of hydrogen-bond acceptors (Lipinski definition) is 5. The van der Waals surface area contributed by atoms with Gasteiger partial charge in [0.1, 0.15) is 6.61 Å². The van der Waals surface area contributed by atoms with Crippen LogP contribution in [0.5, 0.6) is 11.5 Å². The van der Waals surface area contributed by atoms with E-state index in [1.807, 2.05) is 18.2 Å². The first-order chi connectivity index (χ1) is 11.5. The van der Waals surface area contributed by atoms with E-state index in [0.717, 1.165) is 0 Å². The predicted octanol–water partition coefficient (Wildman–Crippen LogP) is 2.55. The van der Waals surface area contributed by atoms with Crippen molar-refractivity contribution in [3.63, 3.8) is 0 Å². The number of nitro groups is 1. The van der Waals surface area contributed by atoms with Crippen LogP contribution in [0.4, 0.5) is 5.69 Å². The quantitative estimate of drug-likeness (QED) is 0.688. The molecule has 24 heavy (non-hydrogen) atoms. The molecule has 0 aliphatic carbocycles. The fourth-order valence-electron chi connectivity index (χ4n) is 2.43. The molecule has 7 nitrogen and oxygen atoms in total. The molecule has 0 fully saturated rings. The number of hydrogen-bond donors (Lipinski definition) is 1. The molecular formula is C17H16N2O5. The Labute approximate surface area is 138 Å². The van der Waals surface area contributed by atoms with Gasteiger partial charge in [-0.2, -0.15) is 0 Å². The molecular weight excluding hydrogens is 312 g/mol. The number of ether oxygens (including phenoxy) is 2. The fraction of sp³-hybridized carbons (Fsp3) is 0.235. The zero-order valence-corrected chi connectivity index (χ0v) is 13.0. The van der Waals surface area contributed by atoms with Crippen molar-refractivity contribution in [2.24, 2.45) is 0 Å². The van der Waals surface area contributed by atoms with E-state index in [9.17, 15) is 14.9 Å². The number of nitrogens with one attached hydrogen (secondary N) is 1. The second-order valence-corrected chi connectivity index (χ2v) is 5.48. The molecule has 0 spiro atoms. The number of nitro benzene ring substituents is 1. The molecule has 1 N–H and O–H groups in total. The van der Waals surface area contributed by atoms with E-state index in [2.05, 4.69) is 5.32 Å². The van der Waals surface area contributed by atoms with Crippen molar-refractivity contribution in [3.8, 4) is 11.5 Å². The number of amides is 1. The summed E-state index contributed by atoms with van der Waals surface area (Å²) in [6.45, 7) is 2.12. The van der Waals surface area contributed by atoms with Gasteiger partial charge in [-0.1, -0.05) is 18.2 Å². The highest BCUT2D eigenvalue weighted by molar-refractivity contribution is 5.95. The maximum Gasteiger partial charge on any atom is 0.270 e. The largest absolute Gasteiger partial charge is 0.486 e. The van der Waals surface area contributed by atoms with Crippen molar-refractivity contribution in [3.05, 3.63) is 64.2 Å². The first kappa shape index (κ1) is 15.8. The van der Waals surface area contributed by atoms with E-state index in [0.29, 0.717) is 18.1 Å². The maximum atomic E-state index is 12.3. The Morgan fingerprint density at radius 1 is 1.25 bits per heavy atom. The molecule has 0 unspecified atom stereocenters. The molecule has 0 saturated carbocycles. The lowest BCUT2D eigenvalue weighted by atomic mass is 10.1. The van der Waals surface area contributed by atoms with Crippen molar-refractivity contribution < 1.29 is 19.2 Å². The summed E-state index contributed by atoms with van der Waals surface area (Å²) in [4.78, 5) is 22.6. The molecule has 1 aliphatic rings. The second-order valence-electron chi connectivity index (χ2n) is 5.48. The standard InChI is InChI=1S/C17H16N2O5/c1-11(16-10-23-14-7-2-3-8-15(14)24-16)18-17(20)12-5-4-6-13(9-12)19(21)22/h2-9,11,16H,10H2,1H3,(H,18,20)/t11-,16-/m0/s1. The zero-order chi connectivity index (χ0) is 17.1. The van der Waals surface area contributed by atoms with Crippen LogP contribution in [-0.4, -0.2) is 29.6 Å². The van der Waals surface area contributed by atoms with Gasteiger partial charge in [0.15, 0.2) is 17.6 Å². The first-order valence-corrected chi connectivity index (χ1v) is 7.48. The molecule has 2 atom stereocenters. The maximum absolute atomic E-state index is 12.3. The average molecular weight is 328 g/mol. The molecule has 0 saturated heterocycles. The Kier molecular flexibility index (Phi) is 4.33. The van der Waals surface area contributed by atoms with Crippen LogP contribution in [0.15, 0.2) is 48.5 Å². The SMILES string of the molecule is C[C@H](NC(=O)c1cccc([N+](=O)[O-])c1)[C@@H]1COc2ccccc2O1. The average Bonchev–Trinajstić information content (AvgIpc) is 2.61. The topological polar surface area (TPSA) is 90.7 Å². The van der Waals surface area contributed by atoms with Gasteiger partial charge in [0.25, 0.3) is 11.6 Å². The Balaban J connectivity index is 1.67. The number of para-hydroxylation sites is 2. The third-order valence-electron chi connectivity index (χ3n) is 3.77. The molecule has 7 heteroatoms. The minimum absolute atomic E-state index is 0.124. The third-order valence-corrected chi connectivity index (χ3v) is 3.77. The van der Waals surface area contributed by atoms with Crippen molar-refractivity contribution >= 4 is 11.6 Å². The highest BCUT2D eigenvalue weighted by Gasteiger charge is 2.27. The van der Waals surface area contributed by atoms with Gasteiger partial charge in [0, 0.05) is 17.7 Å². The number of non-ortho nitro benzene ring substituents is 1. The molecule has 1 heterocycles. The number of nitrogens with zero attached hydrogens (tertiary/aromatic N) is 1. The third kappa shape index (κ3) is 3.29. The second kappa shape index (κ2) is 6.57. The van der Waals surface area contributed by atoms with Crippen molar-refractivity contribution in [2.75, 3.05) is 6.61 Å². The van der Waals surface area contributed by atoms with E-state index in [-0.39, 0.29) is 23.4 Å². The van der Waals surface area contributed by atoms with Crippen molar-refractivity contribution in [1.29, 1.82) is 0 Å². The lowest BCUT2D eigenvalue weighted by molar-refractivity contribution is -0.384. The molecule has 0 aromatic heterocycles. The summed E-state index contributed by atoms with van der Waals surface area (Å²) >= 11 is 0. The minimum atomic E-state index is -0.533. The number of benzene rings is 2. The van der Waals surface area contributed by atoms with Crippen LogP contribution in [0.3, 0.4) is 0 Å². The smallest absolute Gasteiger partial charge is 0.270 e. The van der Waals surface area contributed by atoms with Gasteiger partial charge in [-0.15, -0.1) is 0 Å². The molecule has 2 aromatic rings. The summed E-state index contributed by atoms with van der Waals surface area (Å²) in [6, 6.07) is 12.6. The number of fused-ring (bicyclic) bond motifs is 1. The molecule has 3 rings (SSSR count). The summed E-state index contributed by atoms with van der Waals surface area (Å²) in [6.07, 6.45) is -0.345. The zero-order valence-electron chi connectivity index (χ0n) is 13.0. The van der Waals surface area contributed by atoms with Crippen molar-refractivity contribution in [1.82, 2.24) is 5.32 Å². The Morgan fingerprint density at radius 2 is 2.00 bits per heavy atom. The highest BCUT2D eigenvalue weighted by Crippen LogP contribution is 2.31. The first-order valence-electron chi connectivity index (χ1n) is 7.48. The molecule has 124 valence electrons. The fourth-order valence-corrected chi connectivity index (χ4v) is 2.43. The van der Waals surface area contributed by atoms with Crippen LogP contribution in [0, 0.1) is 10.1 Å². The van der Waals surface area contributed by atoms with Gasteiger partial charge in [0.2, 0.25) is 0 Å². The number of carbonyl (C=O) groups is 1. The lowest BCUT2D eigenvalue weighted by Gasteiger charge is -2.30. The van der Waals surface area contributed by atoms with E-state index >= 15 is 0 Å². The van der Waals surface area contributed by atoms with E-state index in [4.69, 9.17) is 9.47 Å². The summed E-state index contributed by atoms with van der Waals surface area (Å²) < 4.78 is 11.5. The van der Waals surface area contributed by atoms with Crippen LogP contribution < -0.4 is 14.8 Å². The summed E-state index contributed by atoms with van der Waals surface area (Å²) in [5, 5.41) is 13.6.